The van der Waals surface area contributed by atoms with Gasteiger partial charge in [-0.05, 0) is 13.3 Å². The van der Waals surface area contributed by atoms with Crippen molar-refractivity contribution in [2.75, 3.05) is 19.7 Å². The minimum atomic E-state index is -5.16. The fourth-order valence-corrected chi connectivity index (χ4v) is 3.89. The first-order valence-electron chi connectivity index (χ1n) is 6.44. The normalized spacial score (nSPS) is 21.5. The van der Waals surface area contributed by atoms with Crippen molar-refractivity contribution in [1.82, 2.24) is 4.31 Å². The Morgan fingerprint density at radius 1 is 1.41 bits per heavy atom. The molecule has 2 unspecified atom stereocenters. The van der Waals surface area contributed by atoms with E-state index in [1.807, 2.05) is 0 Å². The maximum absolute atomic E-state index is 13.0. The number of carbonyl (C=O) groups excluding carboxylic acids is 1. The number of ether oxygens (including phenoxy) is 1. The lowest BCUT2D eigenvalue weighted by Gasteiger charge is -2.25. The minimum absolute atomic E-state index is 0.0709. The third-order valence-electron chi connectivity index (χ3n) is 3.24. The van der Waals surface area contributed by atoms with Crippen molar-refractivity contribution in [2.24, 2.45) is 5.92 Å². The molecule has 7 nitrogen and oxygen atoms in total. The van der Waals surface area contributed by atoms with Gasteiger partial charge in [-0.2, -0.15) is 13.2 Å². The number of sulfonamides is 1. The average Bonchev–Trinajstić information content (AvgIpc) is 2.85. The average molecular weight is 347 g/mol. The van der Waals surface area contributed by atoms with Crippen molar-refractivity contribution in [3.63, 3.8) is 0 Å². The summed E-state index contributed by atoms with van der Waals surface area (Å²) in [6, 6.07) is 0. The molecule has 0 bridgehead atoms. The van der Waals surface area contributed by atoms with Crippen LogP contribution < -0.4 is 0 Å². The summed E-state index contributed by atoms with van der Waals surface area (Å²) in [5, 5.41) is 5.85. The fraction of sp³-hybridized carbons (Fsp3) is 0.818. The summed E-state index contributed by atoms with van der Waals surface area (Å²) in [5.74, 6) is -3.60. The van der Waals surface area contributed by atoms with Crippen LogP contribution in [0.1, 0.15) is 19.8 Å². The second-order valence-electron chi connectivity index (χ2n) is 4.77. The molecule has 128 valence electrons. The monoisotopic (exact) mass is 347 g/mol. The Morgan fingerprint density at radius 3 is 2.41 bits per heavy atom. The van der Waals surface area contributed by atoms with E-state index in [1.165, 1.54) is 6.92 Å². The van der Waals surface area contributed by atoms with Crippen molar-refractivity contribution in [1.29, 1.82) is 0 Å². The number of carbonyl (C=O) groups is 2. The van der Waals surface area contributed by atoms with Gasteiger partial charge in [-0.1, -0.05) is 0 Å². The summed E-state index contributed by atoms with van der Waals surface area (Å²) in [4.78, 5) is 22.0. The lowest BCUT2D eigenvalue weighted by Crippen LogP contribution is -2.46. The minimum Gasteiger partial charge on any atom is -0.481 e. The number of hydrogen-bond acceptors (Lipinski definition) is 5. The first-order valence-corrected chi connectivity index (χ1v) is 7.94. The predicted molar refractivity (Wildman–Crippen MR) is 67.3 cm³/mol. The quantitative estimate of drug-likeness (QED) is 0.707. The van der Waals surface area contributed by atoms with Gasteiger partial charge in [0.15, 0.2) is 5.25 Å². The van der Waals surface area contributed by atoms with Crippen LogP contribution in [0.15, 0.2) is 0 Å². The van der Waals surface area contributed by atoms with E-state index in [9.17, 15) is 31.2 Å². The van der Waals surface area contributed by atoms with Gasteiger partial charge in [-0.15, -0.1) is 0 Å². The van der Waals surface area contributed by atoms with Gasteiger partial charge < -0.3 is 9.84 Å². The highest BCUT2D eigenvalue weighted by atomic mass is 32.2. The molecule has 1 rings (SSSR count). The zero-order valence-electron chi connectivity index (χ0n) is 11.7. The van der Waals surface area contributed by atoms with Crippen LogP contribution in [-0.4, -0.2) is 60.9 Å². The first-order chi connectivity index (χ1) is 10.00. The number of halogens is 3. The number of rotatable bonds is 6. The van der Waals surface area contributed by atoms with Gasteiger partial charge in [-0.25, -0.2) is 12.7 Å². The highest BCUT2D eigenvalue weighted by Crippen LogP contribution is 2.33. The molecule has 11 heteroatoms. The first kappa shape index (κ1) is 18.7. The lowest BCUT2D eigenvalue weighted by molar-refractivity contribution is -0.155. The fourth-order valence-electron chi connectivity index (χ4n) is 2.10. The maximum Gasteiger partial charge on any atom is 0.407 e. The van der Waals surface area contributed by atoms with E-state index in [-0.39, 0.29) is 19.6 Å². The molecule has 0 spiro atoms. The van der Waals surface area contributed by atoms with E-state index in [1.54, 1.807) is 0 Å². The molecule has 1 N–H and O–H groups in total. The number of aliphatic carboxylic acids is 1. The Hall–Kier alpha value is -1.36. The lowest BCUT2D eigenvalue weighted by atomic mass is 10.1. The Bertz CT molecular complexity index is 532. The van der Waals surface area contributed by atoms with Gasteiger partial charge in [0.2, 0.25) is 10.0 Å². The number of hydrogen-bond donors (Lipinski definition) is 1. The van der Waals surface area contributed by atoms with E-state index in [0.29, 0.717) is 4.31 Å². The molecule has 0 amide bonds. The van der Waals surface area contributed by atoms with Crippen LogP contribution >= 0.6 is 0 Å². The zero-order chi connectivity index (χ0) is 17.1. The third kappa shape index (κ3) is 4.32. The molecular weight excluding hydrogens is 331 g/mol. The van der Waals surface area contributed by atoms with E-state index in [4.69, 9.17) is 5.11 Å². The van der Waals surface area contributed by atoms with Crippen LogP contribution in [0.5, 0.6) is 0 Å². The Morgan fingerprint density at radius 2 is 2.00 bits per heavy atom. The molecule has 0 radical (unpaired) electrons. The van der Waals surface area contributed by atoms with Crippen LogP contribution in [0.4, 0.5) is 13.2 Å². The summed E-state index contributed by atoms with van der Waals surface area (Å²) in [6.07, 6.45) is -6.58. The van der Waals surface area contributed by atoms with Gasteiger partial charge in [0.1, 0.15) is 0 Å². The molecule has 0 aromatic carbocycles. The third-order valence-corrected chi connectivity index (χ3v) is 5.45. The molecule has 0 saturated carbocycles. The molecule has 0 aliphatic carbocycles. The zero-order valence-corrected chi connectivity index (χ0v) is 12.5. The van der Waals surface area contributed by atoms with Crippen LogP contribution in [0.3, 0.4) is 0 Å². The van der Waals surface area contributed by atoms with E-state index in [2.05, 4.69) is 4.74 Å². The highest BCUT2D eigenvalue weighted by Gasteiger charge is 2.53. The summed E-state index contributed by atoms with van der Waals surface area (Å²) < 4.78 is 68.0. The predicted octanol–water partition coefficient (Wildman–Crippen LogP) is 0.607. The maximum atomic E-state index is 13.0. The van der Waals surface area contributed by atoms with Crippen LogP contribution in [0, 0.1) is 5.92 Å². The second-order valence-corrected chi connectivity index (χ2v) is 6.88. The van der Waals surface area contributed by atoms with Gasteiger partial charge in [0.25, 0.3) is 0 Å². The summed E-state index contributed by atoms with van der Waals surface area (Å²) in [7, 11) is -4.89. The SMILES string of the molecule is CCOC(=O)CC(C(F)(F)F)S(=O)(=O)N1CCC(C(=O)O)C1. The summed E-state index contributed by atoms with van der Waals surface area (Å²) >= 11 is 0. The van der Waals surface area contributed by atoms with E-state index >= 15 is 0 Å². The van der Waals surface area contributed by atoms with Crippen LogP contribution in [0.2, 0.25) is 0 Å². The smallest absolute Gasteiger partial charge is 0.407 e. The Balaban J connectivity index is 2.98. The van der Waals surface area contributed by atoms with Crippen molar-refractivity contribution < 1.29 is 41.0 Å². The number of nitrogens with zero attached hydrogens (tertiary/aromatic N) is 1. The van der Waals surface area contributed by atoms with Gasteiger partial charge in [-0.3, -0.25) is 9.59 Å². The molecular formula is C11H16F3NO6S. The Kier molecular flexibility index (Phi) is 5.79. The molecule has 0 aromatic heterocycles. The molecule has 0 aromatic rings. The second kappa shape index (κ2) is 6.82. The molecule has 2 atom stereocenters. The van der Waals surface area contributed by atoms with Gasteiger partial charge in [0.05, 0.1) is 18.9 Å². The topological polar surface area (TPSA) is 101 Å². The Labute approximate surface area is 125 Å². The van der Waals surface area contributed by atoms with Crippen molar-refractivity contribution in [2.45, 2.75) is 31.2 Å². The summed E-state index contributed by atoms with van der Waals surface area (Å²) in [6.45, 7) is 0.350. The number of carboxylic acids is 1. The number of carboxylic acid groups (broad SMARTS) is 1. The molecule has 1 saturated heterocycles. The highest BCUT2D eigenvalue weighted by molar-refractivity contribution is 7.89. The van der Waals surface area contributed by atoms with Crippen molar-refractivity contribution in [3.8, 4) is 0 Å². The molecule has 1 fully saturated rings. The largest absolute Gasteiger partial charge is 0.481 e. The molecule has 1 aliphatic rings. The van der Waals surface area contributed by atoms with Crippen molar-refractivity contribution in [3.05, 3.63) is 0 Å². The standard InChI is InChI=1S/C11H16F3NO6S/c1-2-21-9(16)5-8(11(12,13)14)22(19,20)15-4-3-7(6-15)10(17)18/h7-8H,2-6H2,1H3,(H,17,18). The summed E-state index contributed by atoms with van der Waals surface area (Å²) in [5.41, 5.74) is 0. The molecule has 22 heavy (non-hydrogen) atoms. The number of alkyl halides is 3. The molecule has 1 heterocycles. The molecule has 1 aliphatic heterocycles. The van der Waals surface area contributed by atoms with Crippen molar-refractivity contribution >= 4 is 22.0 Å². The van der Waals surface area contributed by atoms with E-state index in [0.717, 1.165) is 0 Å². The van der Waals surface area contributed by atoms with Gasteiger partial charge in [0, 0.05) is 13.1 Å². The van der Waals surface area contributed by atoms with Crippen LogP contribution in [-0.2, 0) is 24.3 Å². The van der Waals surface area contributed by atoms with Gasteiger partial charge >= 0.3 is 18.1 Å². The van der Waals surface area contributed by atoms with Crippen LogP contribution in [0.25, 0.3) is 0 Å². The number of esters is 1. The van der Waals surface area contributed by atoms with E-state index < -0.39 is 52.3 Å².